The van der Waals surface area contributed by atoms with Crippen molar-refractivity contribution >= 4 is 43.2 Å². The van der Waals surface area contributed by atoms with E-state index in [4.69, 9.17) is 5.84 Å². The van der Waals surface area contributed by atoms with E-state index < -0.39 is 0 Å². The third kappa shape index (κ3) is 2.60. The van der Waals surface area contributed by atoms with Crippen LogP contribution in [0.15, 0.2) is 20.5 Å². The fourth-order valence-corrected chi connectivity index (χ4v) is 3.72. The van der Waals surface area contributed by atoms with Crippen LogP contribution in [0.2, 0.25) is 0 Å². The van der Waals surface area contributed by atoms with Crippen LogP contribution in [-0.4, -0.2) is 15.0 Å². The minimum absolute atomic E-state index is 0.0995. The number of rotatable bonds is 4. The van der Waals surface area contributed by atoms with Crippen LogP contribution in [-0.2, 0) is 6.54 Å². The molecule has 0 aromatic carbocycles. The van der Waals surface area contributed by atoms with Crippen molar-refractivity contribution in [3.05, 3.63) is 31.1 Å². The van der Waals surface area contributed by atoms with E-state index in [9.17, 15) is 0 Å². The van der Waals surface area contributed by atoms with E-state index in [-0.39, 0.29) is 6.04 Å². The first-order valence-electron chi connectivity index (χ1n) is 4.96. The largest absolute Gasteiger partial charge is 0.270 e. The first-order chi connectivity index (χ1) is 8.17. The van der Waals surface area contributed by atoms with Crippen molar-refractivity contribution in [1.82, 2.24) is 20.4 Å². The highest BCUT2D eigenvalue weighted by Crippen LogP contribution is 2.37. The van der Waals surface area contributed by atoms with Crippen LogP contribution in [0.1, 0.15) is 23.5 Å². The number of thiophene rings is 1. The zero-order valence-electron chi connectivity index (χ0n) is 9.02. The number of nitrogens with zero attached hydrogens (tertiary/aromatic N) is 3. The molecule has 0 spiro atoms. The van der Waals surface area contributed by atoms with Crippen molar-refractivity contribution in [1.29, 1.82) is 0 Å². The Hall–Kier alpha value is -0.280. The fourth-order valence-electron chi connectivity index (χ4n) is 1.55. The summed E-state index contributed by atoms with van der Waals surface area (Å²) < 4.78 is 3.89. The van der Waals surface area contributed by atoms with Gasteiger partial charge in [-0.05, 0) is 44.8 Å². The van der Waals surface area contributed by atoms with Gasteiger partial charge in [0, 0.05) is 15.9 Å². The summed E-state index contributed by atoms with van der Waals surface area (Å²) in [6.45, 7) is 2.78. The summed E-state index contributed by atoms with van der Waals surface area (Å²) in [5.41, 5.74) is 3.76. The summed E-state index contributed by atoms with van der Waals surface area (Å²) in [6.07, 6.45) is 1.73. The Morgan fingerprint density at radius 2 is 2.35 bits per heavy atom. The summed E-state index contributed by atoms with van der Waals surface area (Å²) in [4.78, 5) is 1.10. The number of halogens is 2. The first kappa shape index (κ1) is 13.2. The highest BCUT2D eigenvalue weighted by Gasteiger charge is 2.20. The third-order valence-electron chi connectivity index (χ3n) is 2.36. The SMILES string of the molecule is CCn1nncc1C(NN)c1cc(Br)c(Br)s1. The first-order valence-corrected chi connectivity index (χ1v) is 7.36. The van der Waals surface area contributed by atoms with Crippen LogP contribution < -0.4 is 11.3 Å². The fraction of sp³-hybridized carbons (Fsp3) is 0.333. The molecule has 5 nitrogen and oxygen atoms in total. The molecule has 2 aromatic rings. The van der Waals surface area contributed by atoms with Gasteiger partial charge in [0.1, 0.15) is 0 Å². The molecule has 2 rings (SSSR count). The lowest BCUT2D eigenvalue weighted by molar-refractivity contribution is 0.539. The van der Waals surface area contributed by atoms with Crippen molar-refractivity contribution in [2.24, 2.45) is 5.84 Å². The maximum Gasteiger partial charge on any atom is 0.0987 e. The number of hydrogen-bond donors (Lipinski definition) is 2. The number of hydrazine groups is 1. The Kier molecular flexibility index (Phi) is 4.31. The Balaban J connectivity index is 2.40. The molecule has 0 fully saturated rings. The Morgan fingerprint density at radius 3 is 2.88 bits per heavy atom. The van der Waals surface area contributed by atoms with Crippen molar-refractivity contribution in [2.75, 3.05) is 0 Å². The van der Waals surface area contributed by atoms with E-state index >= 15 is 0 Å². The summed E-state index contributed by atoms with van der Waals surface area (Å²) >= 11 is 8.57. The zero-order valence-corrected chi connectivity index (χ0v) is 13.0. The van der Waals surface area contributed by atoms with Crippen LogP contribution in [0, 0.1) is 0 Å². The summed E-state index contributed by atoms with van der Waals surface area (Å²) in [7, 11) is 0. The molecule has 1 atom stereocenters. The molecule has 3 N–H and O–H groups in total. The van der Waals surface area contributed by atoms with E-state index in [1.165, 1.54) is 0 Å². The molecule has 0 bridgehead atoms. The summed E-state index contributed by atoms with van der Waals surface area (Å²) in [6, 6.07) is 1.93. The molecule has 92 valence electrons. The topological polar surface area (TPSA) is 68.8 Å². The molecular formula is C9H11Br2N5S. The second kappa shape index (κ2) is 5.57. The van der Waals surface area contributed by atoms with Gasteiger partial charge in [0.2, 0.25) is 0 Å². The number of hydrogen-bond acceptors (Lipinski definition) is 5. The molecular weight excluding hydrogens is 370 g/mol. The molecule has 0 amide bonds. The summed E-state index contributed by atoms with van der Waals surface area (Å²) in [5, 5.41) is 7.93. The van der Waals surface area contributed by atoms with Gasteiger partial charge in [0.05, 0.1) is 21.7 Å². The van der Waals surface area contributed by atoms with Crippen molar-refractivity contribution in [3.63, 3.8) is 0 Å². The molecule has 0 radical (unpaired) electrons. The lowest BCUT2D eigenvalue weighted by atomic mass is 10.2. The standard InChI is InChI=1S/C9H11Br2N5S/c1-2-16-6(4-13-15-16)8(14-12)7-3-5(10)9(11)17-7/h3-4,8,14H,2,12H2,1H3. The maximum absolute atomic E-state index is 5.64. The monoisotopic (exact) mass is 379 g/mol. The minimum atomic E-state index is -0.0995. The van der Waals surface area contributed by atoms with Gasteiger partial charge >= 0.3 is 0 Å². The predicted octanol–water partition coefficient (Wildman–Crippen LogP) is 2.44. The average molecular weight is 381 g/mol. The minimum Gasteiger partial charge on any atom is -0.270 e. The molecule has 2 heterocycles. The Bertz CT molecular complexity index is 490. The maximum atomic E-state index is 5.64. The van der Waals surface area contributed by atoms with Crippen LogP contribution in [0.4, 0.5) is 0 Å². The predicted molar refractivity (Wildman–Crippen MR) is 74.6 cm³/mol. The Labute approximate surface area is 120 Å². The molecule has 1 unspecified atom stereocenters. The van der Waals surface area contributed by atoms with E-state index in [2.05, 4.69) is 47.6 Å². The molecule has 0 aliphatic rings. The molecule has 2 aromatic heterocycles. The lowest BCUT2D eigenvalue weighted by Gasteiger charge is -2.14. The van der Waals surface area contributed by atoms with Gasteiger partial charge < -0.3 is 0 Å². The number of aryl methyl sites for hydroxylation is 1. The highest BCUT2D eigenvalue weighted by atomic mass is 79.9. The van der Waals surface area contributed by atoms with Crippen molar-refractivity contribution in [2.45, 2.75) is 19.5 Å². The molecule has 8 heteroatoms. The number of nitrogens with two attached hydrogens (primary N) is 1. The number of aromatic nitrogens is 3. The van der Waals surface area contributed by atoms with Crippen LogP contribution in [0.3, 0.4) is 0 Å². The molecule has 0 saturated heterocycles. The summed E-state index contributed by atoms with van der Waals surface area (Å²) in [5.74, 6) is 5.64. The second-order valence-corrected chi connectivity index (χ2v) is 6.60. The van der Waals surface area contributed by atoms with Gasteiger partial charge in [-0.15, -0.1) is 16.4 Å². The quantitative estimate of drug-likeness (QED) is 0.631. The van der Waals surface area contributed by atoms with Gasteiger partial charge in [-0.1, -0.05) is 5.21 Å². The van der Waals surface area contributed by atoms with E-state index in [0.717, 1.165) is 25.4 Å². The molecule has 0 aliphatic carbocycles. The van der Waals surface area contributed by atoms with Crippen molar-refractivity contribution < 1.29 is 0 Å². The highest BCUT2D eigenvalue weighted by molar-refractivity contribution is 9.13. The van der Waals surface area contributed by atoms with Gasteiger partial charge in [0.15, 0.2) is 0 Å². The Morgan fingerprint density at radius 1 is 1.59 bits per heavy atom. The van der Waals surface area contributed by atoms with E-state index in [1.807, 2.05) is 17.7 Å². The molecule has 0 saturated carbocycles. The second-order valence-electron chi connectivity index (χ2n) is 3.34. The average Bonchev–Trinajstić information content (AvgIpc) is 2.89. The van der Waals surface area contributed by atoms with E-state index in [0.29, 0.717) is 0 Å². The molecule has 17 heavy (non-hydrogen) atoms. The van der Waals surface area contributed by atoms with Crippen LogP contribution in [0.5, 0.6) is 0 Å². The van der Waals surface area contributed by atoms with Crippen LogP contribution >= 0.6 is 43.2 Å². The molecule has 0 aliphatic heterocycles. The van der Waals surface area contributed by atoms with Gasteiger partial charge in [0.25, 0.3) is 0 Å². The smallest absolute Gasteiger partial charge is 0.0987 e. The third-order valence-corrected chi connectivity index (χ3v) is 5.68. The van der Waals surface area contributed by atoms with Gasteiger partial charge in [-0.3, -0.25) is 5.84 Å². The van der Waals surface area contributed by atoms with Gasteiger partial charge in [-0.25, -0.2) is 10.1 Å². The zero-order chi connectivity index (χ0) is 12.4. The lowest BCUT2D eigenvalue weighted by Crippen LogP contribution is -2.30. The van der Waals surface area contributed by atoms with Crippen LogP contribution in [0.25, 0.3) is 0 Å². The number of nitrogens with one attached hydrogen (secondary N) is 1. The van der Waals surface area contributed by atoms with E-state index in [1.54, 1.807) is 17.5 Å². The van der Waals surface area contributed by atoms with Gasteiger partial charge in [-0.2, -0.15) is 0 Å². The normalized spacial score (nSPS) is 12.9. The van der Waals surface area contributed by atoms with Crippen molar-refractivity contribution in [3.8, 4) is 0 Å².